The van der Waals surface area contributed by atoms with Crippen LogP contribution in [0.3, 0.4) is 0 Å². The van der Waals surface area contributed by atoms with E-state index < -0.39 is 5.66 Å². The number of carbonyl (C=O) groups excluding carboxylic acids is 2. The molecule has 0 radical (unpaired) electrons. The molecule has 156 valence electrons. The zero-order valence-corrected chi connectivity index (χ0v) is 18.2. The quantitative estimate of drug-likeness (QED) is 0.506. The fourth-order valence-corrected chi connectivity index (χ4v) is 4.99. The Labute approximate surface area is 184 Å². The lowest BCUT2D eigenvalue weighted by molar-refractivity contribution is -0.150. The van der Waals surface area contributed by atoms with Crippen molar-refractivity contribution in [1.82, 2.24) is 9.80 Å². The van der Waals surface area contributed by atoms with Crippen LogP contribution < -0.4 is 0 Å². The molecule has 4 rings (SSSR count). The van der Waals surface area contributed by atoms with Gasteiger partial charge >= 0.3 is 0 Å². The fourth-order valence-electron chi connectivity index (χ4n) is 4.35. The third-order valence-electron chi connectivity index (χ3n) is 5.62. The lowest BCUT2D eigenvalue weighted by Gasteiger charge is -2.49. The van der Waals surface area contributed by atoms with Crippen molar-refractivity contribution in [2.75, 3.05) is 18.8 Å². The van der Waals surface area contributed by atoms with E-state index in [4.69, 9.17) is 11.6 Å². The second kappa shape index (κ2) is 8.35. The first-order chi connectivity index (χ1) is 14.4. The van der Waals surface area contributed by atoms with Crippen molar-refractivity contribution in [2.24, 2.45) is 20.5 Å². The van der Waals surface area contributed by atoms with Gasteiger partial charge in [0.25, 0.3) is 0 Å². The first kappa shape index (κ1) is 20.8. The van der Waals surface area contributed by atoms with E-state index in [9.17, 15) is 9.59 Å². The maximum atomic E-state index is 13.4. The summed E-state index contributed by atoms with van der Waals surface area (Å²) in [6.45, 7) is 6.35. The van der Waals surface area contributed by atoms with E-state index in [0.29, 0.717) is 36.7 Å². The molecule has 1 aromatic carbocycles. The van der Waals surface area contributed by atoms with Gasteiger partial charge in [-0.1, -0.05) is 36.4 Å². The van der Waals surface area contributed by atoms with Gasteiger partial charge in [-0.05, 0) is 31.0 Å². The van der Waals surface area contributed by atoms with Gasteiger partial charge in [-0.25, -0.2) is 0 Å². The predicted molar refractivity (Wildman–Crippen MR) is 118 cm³/mol. The number of benzene rings is 1. The van der Waals surface area contributed by atoms with Gasteiger partial charge in [0.15, 0.2) is 0 Å². The second-order valence-corrected chi connectivity index (χ2v) is 8.67. The molecule has 0 bridgehead atoms. The number of nitrogens with zero attached hydrogens (tertiary/aromatic N) is 5. The van der Waals surface area contributed by atoms with Crippen LogP contribution >= 0.6 is 23.5 Å². The third kappa shape index (κ3) is 3.58. The summed E-state index contributed by atoms with van der Waals surface area (Å²) < 4.78 is 3.94. The fraction of sp³-hybridized carbons (Fsp3) is 0.381. The minimum atomic E-state index is -0.897. The molecule has 3 aliphatic heterocycles. The standard InChI is InChI=1S/C21H22ClN5O2S/c1-14(2)24-25-30-13-19(28)26-10-11-27-20(29)17-4-3-9-23-18(17)12-21(26,27)15-5-7-16(22)8-6-15/h3,5-9,17H,1,4,10-13H2,2H3. The Bertz CT molecular complexity index is 974. The molecule has 2 amide bonds. The van der Waals surface area contributed by atoms with Crippen molar-refractivity contribution >= 4 is 41.1 Å². The van der Waals surface area contributed by atoms with Gasteiger partial charge < -0.3 is 9.80 Å². The number of hydrogen-bond donors (Lipinski definition) is 0. The average molecular weight is 444 g/mol. The first-order valence-corrected chi connectivity index (χ1v) is 11.0. The summed E-state index contributed by atoms with van der Waals surface area (Å²) in [5.41, 5.74) is 1.36. The number of aliphatic imine (C=N–C) groups is 1. The van der Waals surface area contributed by atoms with E-state index in [1.54, 1.807) is 30.2 Å². The van der Waals surface area contributed by atoms with Crippen molar-refractivity contribution in [3.63, 3.8) is 0 Å². The summed E-state index contributed by atoms with van der Waals surface area (Å²) in [6.07, 6.45) is 4.80. The van der Waals surface area contributed by atoms with Crippen molar-refractivity contribution in [1.29, 1.82) is 0 Å². The van der Waals surface area contributed by atoms with Crippen LogP contribution in [0.2, 0.25) is 5.02 Å². The summed E-state index contributed by atoms with van der Waals surface area (Å²) in [5.74, 6) is -0.200. The van der Waals surface area contributed by atoms with Crippen LogP contribution in [-0.4, -0.2) is 46.2 Å². The normalized spacial score (nSPS) is 25.3. The van der Waals surface area contributed by atoms with Gasteiger partial charge in [0, 0.05) is 48.4 Å². The molecule has 2 unspecified atom stereocenters. The van der Waals surface area contributed by atoms with Crippen LogP contribution in [0.4, 0.5) is 0 Å². The lowest BCUT2D eigenvalue weighted by Crippen LogP contribution is -2.61. The Morgan fingerprint density at radius 3 is 2.87 bits per heavy atom. The number of amides is 2. The monoisotopic (exact) mass is 443 g/mol. The molecule has 1 aromatic rings. The molecule has 0 saturated carbocycles. The number of piperidine rings is 1. The van der Waals surface area contributed by atoms with E-state index in [-0.39, 0.29) is 23.5 Å². The molecule has 7 nitrogen and oxygen atoms in total. The van der Waals surface area contributed by atoms with Crippen molar-refractivity contribution < 1.29 is 9.59 Å². The summed E-state index contributed by atoms with van der Waals surface area (Å²) in [7, 11) is 0. The number of fused-ring (bicyclic) bond motifs is 2. The molecule has 2 atom stereocenters. The maximum Gasteiger partial charge on any atom is 0.236 e. The summed E-state index contributed by atoms with van der Waals surface area (Å²) in [4.78, 5) is 34.8. The zero-order chi connectivity index (χ0) is 21.3. The van der Waals surface area contributed by atoms with Gasteiger partial charge in [0.1, 0.15) is 5.66 Å². The van der Waals surface area contributed by atoms with Crippen LogP contribution in [0.1, 0.15) is 25.3 Å². The van der Waals surface area contributed by atoms with Crippen molar-refractivity contribution in [2.45, 2.75) is 25.4 Å². The van der Waals surface area contributed by atoms with Crippen molar-refractivity contribution in [3.8, 4) is 0 Å². The number of halogens is 1. The molecular formula is C21H22ClN5O2S. The topological polar surface area (TPSA) is 77.7 Å². The van der Waals surface area contributed by atoms with Gasteiger partial charge in [-0.3, -0.25) is 14.6 Å². The lowest BCUT2D eigenvalue weighted by atomic mass is 9.79. The van der Waals surface area contributed by atoms with Crippen LogP contribution in [-0.2, 0) is 15.3 Å². The van der Waals surface area contributed by atoms with E-state index in [1.807, 2.05) is 23.1 Å². The largest absolute Gasteiger partial charge is 0.313 e. The Morgan fingerprint density at radius 2 is 2.13 bits per heavy atom. The van der Waals surface area contributed by atoms with Crippen LogP contribution in [0.25, 0.3) is 0 Å². The molecule has 3 heterocycles. The van der Waals surface area contributed by atoms with Gasteiger partial charge in [-0.2, -0.15) is 0 Å². The minimum Gasteiger partial charge on any atom is -0.313 e. The second-order valence-electron chi connectivity index (χ2n) is 7.52. The van der Waals surface area contributed by atoms with Crippen molar-refractivity contribution in [3.05, 3.63) is 59.4 Å². The molecular weight excluding hydrogens is 422 g/mol. The molecule has 9 heteroatoms. The van der Waals surface area contributed by atoms with Gasteiger partial charge in [-0.15, -0.1) is 9.63 Å². The zero-order valence-electron chi connectivity index (χ0n) is 16.6. The third-order valence-corrected chi connectivity index (χ3v) is 6.44. The Hall–Kier alpha value is -2.45. The molecule has 2 fully saturated rings. The number of allylic oxidation sites excluding steroid dienone is 2. The number of carbonyl (C=O) groups is 2. The molecule has 2 saturated heterocycles. The van der Waals surface area contributed by atoms with Crippen LogP contribution in [0.5, 0.6) is 0 Å². The SMILES string of the molecule is C=C(C)N=NSCC(=O)N1CCN2C(=O)C3CC=CN=C3CC12c1ccc(Cl)cc1. The highest BCUT2D eigenvalue weighted by molar-refractivity contribution is 7.98. The van der Waals surface area contributed by atoms with Gasteiger partial charge in [0.05, 0.1) is 17.4 Å². The van der Waals surface area contributed by atoms with E-state index in [0.717, 1.165) is 23.2 Å². The summed E-state index contributed by atoms with van der Waals surface area (Å²) in [5, 5.41) is 4.48. The summed E-state index contributed by atoms with van der Waals surface area (Å²) >= 11 is 7.19. The summed E-state index contributed by atoms with van der Waals surface area (Å²) in [6, 6.07) is 7.36. The maximum absolute atomic E-state index is 13.4. The number of rotatable bonds is 5. The first-order valence-electron chi connectivity index (χ1n) is 9.71. The minimum absolute atomic E-state index is 0.0178. The van der Waals surface area contributed by atoms with E-state index in [1.165, 1.54) is 0 Å². The Morgan fingerprint density at radius 1 is 1.37 bits per heavy atom. The van der Waals surface area contributed by atoms with Crippen LogP contribution in [0, 0.1) is 5.92 Å². The predicted octanol–water partition coefficient (Wildman–Crippen LogP) is 4.18. The highest BCUT2D eigenvalue weighted by Crippen LogP contribution is 2.46. The molecule has 0 aromatic heterocycles. The van der Waals surface area contributed by atoms with Gasteiger partial charge in [0.2, 0.25) is 11.8 Å². The smallest absolute Gasteiger partial charge is 0.236 e. The number of hydrogen-bond acceptors (Lipinski definition) is 6. The van der Waals surface area contributed by atoms with E-state index in [2.05, 4.69) is 21.2 Å². The Balaban J connectivity index is 1.71. The average Bonchev–Trinajstić information content (AvgIpc) is 3.12. The molecule has 0 N–H and O–H groups in total. The molecule has 0 spiro atoms. The molecule has 3 aliphatic rings. The van der Waals surface area contributed by atoms with E-state index >= 15 is 0 Å². The molecule has 0 aliphatic carbocycles. The van der Waals surface area contributed by atoms with Crippen LogP contribution in [0.15, 0.2) is 63.4 Å². The highest BCUT2D eigenvalue weighted by atomic mass is 35.5. The molecule has 30 heavy (non-hydrogen) atoms. The highest BCUT2D eigenvalue weighted by Gasteiger charge is 2.58. The Kier molecular flexibility index (Phi) is 5.79.